The summed E-state index contributed by atoms with van der Waals surface area (Å²) >= 11 is 11.8. The van der Waals surface area contributed by atoms with Gasteiger partial charge in [0.1, 0.15) is 0 Å². The standard InChI is InChI=1S/C17H18Cl2N6O2/c1-11(26)25-6-5-24(16(27)3-4-18)10-15(25)12-7-13(9-14(19)8-12)17-20-22-23(2)21-17/h3-4,7-9,15H,5-6,10H2,1-2H3/b4-3-/t15-/m0/s1. The van der Waals surface area contributed by atoms with Gasteiger partial charge in [-0.15, -0.1) is 10.2 Å². The molecule has 1 aromatic heterocycles. The van der Waals surface area contributed by atoms with E-state index in [0.717, 1.165) is 5.56 Å². The third-order valence-corrected chi connectivity index (χ3v) is 4.72. The van der Waals surface area contributed by atoms with Gasteiger partial charge in [0.2, 0.25) is 17.6 Å². The summed E-state index contributed by atoms with van der Waals surface area (Å²) in [6.45, 7) is 2.72. The van der Waals surface area contributed by atoms with Crippen LogP contribution in [0.15, 0.2) is 29.8 Å². The quantitative estimate of drug-likeness (QED) is 0.725. The Morgan fingerprint density at radius 2 is 2.04 bits per heavy atom. The first-order chi connectivity index (χ1) is 12.9. The number of carbonyl (C=O) groups excluding carboxylic acids is 2. The highest BCUT2D eigenvalue weighted by atomic mass is 35.5. The number of amides is 2. The fourth-order valence-corrected chi connectivity index (χ4v) is 3.49. The van der Waals surface area contributed by atoms with Gasteiger partial charge in [0.15, 0.2) is 0 Å². The molecule has 3 rings (SSSR count). The molecule has 2 heterocycles. The predicted molar refractivity (Wildman–Crippen MR) is 101 cm³/mol. The van der Waals surface area contributed by atoms with Crippen molar-refractivity contribution in [1.29, 1.82) is 0 Å². The van der Waals surface area contributed by atoms with Crippen molar-refractivity contribution in [3.8, 4) is 11.4 Å². The monoisotopic (exact) mass is 408 g/mol. The molecule has 1 aromatic carbocycles. The molecule has 0 unspecified atom stereocenters. The Balaban J connectivity index is 1.98. The SMILES string of the molecule is CC(=O)N1CCN(C(=O)/C=C\Cl)C[C@H]1c1cc(Cl)cc(-c2nnn(C)n2)c1. The van der Waals surface area contributed by atoms with Crippen LogP contribution in [-0.2, 0) is 16.6 Å². The lowest BCUT2D eigenvalue weighted by molar-refractivity contribution is -0.139. The number of piperazine rings is 1. The average Bonchev–Trinajstić information content (AvgIpc) is 3.07. The van der Waals surface area contributed by atoms with E-state index in [-0.39, 0.29) is 17.9 Å². The summed E-state index contributed by atoms with van der Waals surface area (Å²) in [6, 6.07) is 5.06. The van der Waals surface area contributed by atoms with Crippen LogP contribution in [0.1, 0.15) is 18.5 Å². The smallest absolute Gasteiger partial charge is 0.247 e. The van der Waals surface area contributed by atoms with Gasteiger partial charge in [-0.3, -0.25) is 9.59 Å². The van der Waals surface area contributed by atoms with E-state index in [9.17, 15) is 9.59 Å². The van der Waals surface area contributed by atoms with Crippen LogP contribution in [0.2, 0.25) is 5.02 Å². The van der Waals surface area contributed by atoms with Crippen LogP contribution >= 0.6 is 23.2 Å². The minimum Gasteiger partial charge on any atom is -0.335 e. The molecule has 1 aliphatic rings. The molecule has 0 spiro atoms. The van der Waals surface area contributed by atoms with Crippen molar-refractivity contribution >= 4 is 35.0 Å². The Hall–Kier alpha value is -2.45. The number of aromatic nitrogens is 4. The zero-order valence-corrected chi connectivity index (χ0v) is 16.4. The third kappa shape index (κ3) is 4.28. The highest BCUT2D eigenvalue weighted by molar-refractivity contribution is 6.31. The van der Waals surface area contributed by atoms with E-state index < -0.39 is 0 Å². The summed E-state index contributed by atoms with van der Waals surface area (Å²) < 4.78 is 0. The summed E-state index contributed by atoms with van der Waals surface area (Å²) in [6.07, 6.45) is 1.30. The van der Waals surface area contributed by atoms with E-state index in [0.29, 0.717) is 36.0 Å². The van der Waals surface area contributed by atoms with E-state index in [2.05, 4.69) is 15.4 Å². The number of aryl methyl sites for hydroxylation is 1. The zero-order valence-electron chi connectivity index (χ0n) is 14.8. The number of halogens is 2. The summed E-state index contributed by atoms with van der Waals surface area (Å²) in [7, 11) is 1.68. The van der Waals surface area contributed by atoms with Crippen molar-refractivity contribution in [3.05, 3.63) is 40.4 Å². The summed E-state index contributed by atoms with van der Waals surface area (Å²) in [4.78, 5) is 29.1. The minimum absolute atomic E-state index is 0.0702. The summed E-state index contributed by atoms with van der Waals surface area (Å²) in [5, 5.41) is 12.5. The molecule has 1 aliphatic heterocycles. The Morgan fingerprint density at radius 3 is 2.67 bits per heavy atom. The second-order valence-corrected chi connectivity index (χ2v) is 6.87. The molecule has 0 N–H and O–H groups in total. The molecule has 0 bridgehead atoms. The average molecular weight is 409 g/mol. The second-order valence-electron chi connectivity index (χ2n) is 6.18. The maximum Gasteiger partial charge on any atom is 0.247 e. The molecule has 2 amide bonds. The molecule has 10 heteroatoms. The van der Waals surface area contributed by atoms with Crippen molar-refractivity contribution in [3.63, 3.8) is 0 Å². The first-order valence-corrected chi connectivity index (χ1v) is 9.08. The Morgan fingerprint density at radius 1 is 1.26 bits per heavy atom. The minimum atomic E-state index is -0.335. The van der Waals surface area contributed by atoms with E-state index in [1.807, 2.05) is 6.07 Å². The van der Waals surface area contributed by atoms with E-state index in [1.54, 1.807) is 29.0 Å². The molecule has 8 nitrogen and oxygen atoms in total. The van der Waals surface area contributed by atoms with Gasteiger partial charge in [0.05, 0.1) is 13.1 Å². The highest BCUT2D eigenvalue weighted by Gasteiger charge is 2.32. The lowest BCUT2D eigenvalue weighted by Crippen LogP contribution is -2.51. The summed E-state index contributed by atoms with van der Waals surface area (Å²) in [5.41, 5.74) is 2.68. The van der Waals surface area contributed by atoms with E-state index >= 15 is 0 Å². The largest absolute Gasteiger partial charge is 0.335 e. The molecular formula is C17H18Cl2N6O2. The lowest BCUT2D eigenvalue weighted by Gasteiger charge is -2.41. The first kappa shape index (κ1) is 19.3. The zero-order chi connectivity index (χ0) is 19.6. The predicted octanol–water partition coefficient (Wildman–Crippen LogP) is 2.01. The number of hydrogen-bond acceptors (Lipinski definition) is 5. The number of hydrogen-bond donors (Lipinski definition) is 0. The topological polar surface area (TPSA) is 84.2 Å². The number of nitrogens with zero attached hydrogens (tertiary/aromatic N) is 6. The molecular weight excluding hydrogens is 391 g/mol. The Labute approximate surface area is 166 Å². The normalized spacial score (nSPS) is 17.6. The molecule has 2 aromatic rings. The van der Waals surface area contributed by atoms with Crippen molar-refractivity contribution in [2.75, 3.05) is 19.6 Å². The number of benzene rings is 1. The van der Waals surface area contributed by atoms with Gasteiger partial charge in [0, 0.05) is 48.8 Å². The fraction of sp³-hybridized carbons (Fsp3) is 0.353. The Kier molecular flexibility index (Phi) is 5.76. The molecule has 0 saturated carbocycles. The summed E-state index contributed by atoms with van der Waals surface area (Å²) in [5.74, 6) is 0.166. The molecule has 0 radical (unpaired) electrons. The number of tetrazole rings is 1. The van der Waals surface area contributed by atoms with Gasteiger partial charge in [-0.25, -0.2) is 0 Å². The van der Waals surface area contributed by atoms with Crippen LogP contribution in [-0.4, -0.2) is 61.5 Å². The Bertz CT molecular complexity index is 897. The van der Waals surface area contributed by atoms with Crippen LogP contribution in [0.25, 0.3) is 11.4 Å². The van der Waals surface area contributed by atoms with Crippen LogP contribution < -0.4 is 0 Å². The highest BCUT2D eigenvalue weighted by Crippen LogP contribution is 2.31. The van der Waals surface area contributed by atoms with Gasteiger partial charge >= 0.3 is 0 Å². The van der Waals surface area contributed by atoms with Crippen molar-refractivity contribution in [2.24, 2.45) is 7.05 Å². The van der Waals surface area contributed by atoms with E-state index in [1.165, 1.54) is 23.3 Å². The van der Waals surface area contributed by atoms with Crippen LogP contribution in [0, 0.1) is 0 Å². The van der Waals surface area contributed by atoms with Crippen molar-refractivity contribution < 1.29 is 9.59 Å². The lowest BCUT2D eigenvalue weighted by atomic mass is 9.99. The third-order valence-electron chi connectivity index (χ3n) is 4.37. The van der Waals surface area contributed by atoms with Crippen LogP contribution in [0.5, 0.6) is 0 Å². The van der Waals surface area contributed by atoms with Gasteiger partial charge in [-0.05, 0) is 29.0 Å². The molecule has 1 saturated heterocycles. The van der Waals surface area contributed by atoms with Crippen LogP contribution in [0.4, 0.5) is 0 Å². The van der Waals surface area contributed by atoms with Crippen molar-refractivity contribution in [2.45, 2.75) is 13.0 Å². The fourth-order valence-electron chi connectivity index (χ4n) is 3.14. The molecule has 0 aliphatic carbocycles. The maximum absolute atomic E-state index is 12.2. The maximum atomic E-state index is 12.2. The second kappa shape index (κ2) is 8.06. The van der Waals surface area contributed by atoms with Gasteiger partial charge in [-0.1, -0.05) is 23.2 Å². The van der Waals surface area contributed by atoms with Gasteiger partial charge in [-0.2, -0.15) is 4.80 Å². The molecule has 1 fully saturated rings. The first-order valence-electron chi connectivity index (χ1n) is 8.26. The van der Waals surface area contributed by atoms with Crippen LogP contribution in [0.3, 0.4) is 0 Å². The van der Waals surface area contributed by atoms with Crippen molar-refractivity contribution in [1.82, 2.24) is 30.0 Å². The van der Waals surface area contributed by atoms with E-state index in [4.69, 9.17) is 23.2 Å². The number of rotatable bonds is 3. The molecule has 142 valence electrons. The van der Waals surface area contributed by atoms with Gasteiger partial charge in [0.25, 0.3) is 0 Å². The number of carbonyl (C=O) groups is 2. The molecule has 1 atom stereocenters. The van der Waals surface area contributed by atoms with Gasteiger partial charge < -0.3 is 9.80 Å². The molecule has 27 heavy (non-hydrogen) atoms.